The lowest BCUT2D eigenvalue weighted by Crippen LogP contribution is -2.25. The summed E-state index contributed by atoms with van der Waals surface area (Å²) in [6.07, 6.45) is 0.395. The van der Waals surface area contributed by atoms with Gasteiger partial charge >= 0.3 is 0 Å². The Bertz CT molecular complexity index is 1020. The molecule has 6 nitrogen and oxygen atoms in total. The number of anilines is 1. The number of nitrogens with zero attached hydrogens (tertiary/aromatic N) is 3. The van der Waals surface area contributed by atoms with Crippen molar-refractivity contribution in [1.29, 1.82) is 0 Å². The third-order valence-corrected chi connectivity index (χ3v) is 5.36. The molecule has 1 aliphatic heterocycles. The zero-order valence-corrected chi connectivity index (χ0v) is 16.6. The first-order valence-electron chi connectivity index (χ1n) is 9.20. The van der Waals surface area contributed by atoms with Crippen LogP contribution in [0.3, 0.4) is 0 Å². The molecular weight excluding hydrogens is 378 g/mol. The van der Waals surface area contributed by atoms with E-state index in [9.17, 15) is 4.79 Å². The molecule has 1 amide bonds. The fourth-order valence-electron chi connectivity index (χ4n) is 3.81. The van der Waals surface area contributed by atoms with Crippen molar-refractivity contribution in [2.75, 3.05) is 32.3 Å². The SMILES string of the molecule is COCCn1c([C@@H]2CC(=O)N(c3cc(Cl)ccc3OC)C2)nc2ccccc21. The van der Waals surface area contributed by atoms with Crippen LogP contribution in [0.15, 0.2) is 42.5 Å². The molecular formula is C21H22ClN3O3. The normalized spacial score (nSPS) is 16.9. The average Bonchev–Trinajstić information content (AvgIpc) is 3.26. The van der Waals surface area contributed by atoms with Crippen molar-refractivity contribution < 1.29 is 14.3 Å². The lowest BCUT2D eigenvalue weighted by molar-refractivity contribution is -0.117. The Morgan fingerprint density at radius 2 is 2.04 bits per heavy atom. The monoisotopic (exact) mass is 399 g/mol. The van der Waals surface area contributed by atoms with E-state index in [4.69, 9.17) is 26.1 Å². The van der Waals surface area contributed by atoms with Crippen molar-refractivity contribution in [3.8, 4) is 5.75 Å². The first-order valence-corrected chi connectivity index (χ1v) is 9.58. The maximum Gasteiger partial charge on any atom is 0.227 e. The van der Waals surface area contributed by atoms with Gasteiger partial charge in [-0.1, -0.05) is 23.7 Å². The molecule has 0 radical (unpaired) electrons. The number of hydrogen-bond donors (Lipinski definition) is 0. The summed E-state index contributed by atoms with van der Waals surface area (Å²) in [5.74, 6) is 1.57. The maximum atomic E-state index is 12.8. The Morgan fingerprint density at radius 1 is 1.21 bits per heavy atom. The number of imidazole rings is 1. The summed E-state index contributed by atoms with van der Waals surface area (Å²) < 4.78 is 12.9. The van der Waals surface area contributed by atoms with E-state index in [1.807, 2.05) is 18.2 Å². The molecule has 1 fully saturated rings. The third-order valence-electron chi connectivity index (χ3n) is 5.12. The molecule has 2 aromatic carbocycles. The van der Waals surface area contributed by atoms with Gasteiger partial charge in [-0.3, -0.25) is 4.79 Å². The van der Waals surface area contributed by atoms with Gasteiger partial charge in [-0.25, -0.2) is 4.98 Å². The van der Waals surface area contributed by atoms with Crippen LogP contribution >= 0.6 is 11.6 Å². The minimum Gasteiger partial charge on any atom is -0.495 e. The van der Waals surface area contributed by atoms with Gasteiger partial charge in [0.25, 0.3) is 0 Å². The highest BCUT2D eigenvalue weighted by atomic mass is 35.5. The van der Waals surface area contributed by atoms with Crippen molar-refractivity contribution in [1.82, 2.24) is 9.55 Å². The van der Waals surface area contributed by atoms with Gasteiger partial charge in [-0.15, -0.1) is 0 Å². The number of rotatable bonds is 6. The molecule has 0 N–H and O–H groups in total. The summed E-state index contributed by atoms with van der Waals surface area (Å²) in [7, 11) is 3.28. The predicted molar refractivity (Wildman–Crippen MR) is 109 cm³/mol. The zero-order chi connectivity index (χ0) is 19.7. The Labute approximate surface area is 168 Å². The quantitative estimate of drug-likeness (QED) is 0.631. The van der Waals surface area contributed by atoms with Crippen molar-refractivity contribution in [3.05, 3.63) is 53.3 Å². The molecule has 1 aromatic heterocycles. The van der Waals surface area contributed by atoms with Gasteiger partial charge < -0.3 is 18.9 Å². The predicted octanol–water partition coefficient (Wildman–Crippen LogP) is 3.87. The summed E-state index contributed by atoms with van der Waals surface area (Å²) >= 11 is 6.17. The van der Waals surface area contributed by atoms with Crippen LogP contribution in [-0.4, -0.2) is 42.8 Å². The maximum absolute atomic E-state index is 12.8. The number of halogens is 1. The number of amides is 1. The molecule has 1 atom stereocenters. The van der Waals surface area contributed by atoms with E-state index >= 15 is 0 Å². The van der Waals surface area contributed by atoms with E-state index in [2.05, 4.69) is 10.6 Å². The molecule has 0 aliphatic carbocycles. The number of fused-ring (bicyclic) bond motifs is 1. The summed E-state index contributed by atoms with van der Waals surface area (Å²) in [6, 6.07) is 13.3. The number of ether oxygens (including phenoxy) is 2. The largest absolute Gasteiger partial charge is 0.495 e. The number of aromatic nitrogens is 2. The van der Waals surface area contributed by atoms with E-state index < -0.39 is 0 Å². The van der Waals surface area contributed by atoms with Crippen LogP contribution in [0.5, 0.6) is 5.75 Å². The van der Waals surface area contributed by atoms with Crippen LogP contribution < -0.4 is 9.64 Å². The fourth-order valence-corrected chi connectivity index (χ4v) is 3.98. The fraction of sp³-hybridized carbons (Fsp3) is 0.333. The van der Waals surface area contributed by atoms with E-state index in [0.717, 1.165) is 16.9 Å². The van der Waals surface area contributed by atoms with Crippen molar-refractivity contribution in [2.24, 2.45) is 0 Å². The molecule has 4 rings (SSSR count). The summed E-state index contributed by atoms with van der Waals surface area (Å²) in [5.41, 5.74) is 2.68. The lowest BCUT2D eigenvalue weighted by Gasteiger charge is -2.20. The molecule has 2 heterocycles. The van der Waals surface area contributed by atoms with Crippen molar-refractivity contribution >= 4 is 34.2 Å². The molecule has 0 bridgehead atoms. The second kappa shape index (κ2) is 7.81. The third kappa shape index (κ3) is 3.34. The van der Waals surface area contributed by atoms with Crippen LogP contribution in [-0.2, 0) is 16.1 Å². The van der Waals surface area contributed by atoms with Gasteiger partial charge in [0, 0.05) is 37.6 Å². The molecule has 0 spiro atoms. The Morgan fingerprint density at radius 3 is 2.82 bits per heavy atom. The first kappa shape index (κ1) is 18.8. The lowest BCUT2D eigenvalue weighted by atomic mass is 10.1. The van der Waals surface area contributed by atoms with E-state index in [0.29, 0.717) is 42.6 Å². The van der Waals surface area contributed by atoms with Gasteiger partial charge in [0.05, 0.1) is 30.4 Å². The molecule has 1 aliphatic rings. The van der Waals surface area contributed by atoms with Crippen LogP contribution in [0.25, 0.3) is 11.0 Å². The van der Waals surface area contributed by atoms with Gasteiger partial charge in [-0.05, 0) is 30.3 Å². The minimum atomic E-state index is -0.0135. The molecule has 28 heavy (non-hydrogen) atoms. The zero-order valence-electron chi connectivity index (χ0n) is 15.9. The number of methoxy groups -OCH3 is 2. The highest BCUT2D eigenvalue weighted by Gasteiger charge is 2.36. The van der Waals surface area contributed by atoms with Gasteiger partial charge in [0.15, 0.2) is 0 Å². The summed E-state index contributed by atoms with van der Waals surface area (Å²) in [5, 5.41) is 0.569. The number of benzene rings is 2. The molecule has 146 valence electrons. The second-order valence-electron chi connectivity index (χ2n) is 6.82. The topological polar surface area (TPSA) is 56.6 Å². The number of carbonyl (C=O) groups is 1. The van der Waals surface area contributed by atoms with E-state index in [1.165, 1.54) is 0 Å². The Balaban J connectivity index is 1.70. The van der Waals surface area contributed by atoms with E-state index in [1.54, 1.807) is 37.3 Å². The summed E-state index contributed by atoms with van der Waals surface area (Å²) in [6.45, 7) is 1.81. The second-order valence-corrected chi connectivity index (χ2v) is 7.26. The van der Waals surface area contributed by atoms with Gasteiger partial charge in [0.2, 0.25) is 5.91 Å². The molecule has 7 heteroatoms. The molecule has 0 saturated carbocycles. The number of carbonyl (C=O) groups excluding carboxylic acids is 1. The van der Waals surface area contributed by atoms with Gasteiger partial charge in [0.1, 0.15) is 11.6 Å². The smallest absolute Gasteiger partial charge is 0.227 e. The molecule has 0 unspecified atom stereocenters. The van der Waals surface area contributed by atoms with Crippen LogP contribution in [0.1, 0.15) is 18.2 Å². The molecule has 1 saturated heterocycles. The Kier molecular flexibility index (Phi) is 5.24. The van der Waals surface area contributed by atoms with Crippen molar-refractivity contribution in [3.63, 3.8) is 0 Å². The highest BCUT2D eigenvalue weighted by molar-refractivity contribution is 6.31. The van der Waals surface area contributed by atoms with Gasteiger partial charge in [-0.2, -0.15) is 0 Å². The number of hydrogen-bond acceptors (Lipinski definition) is 4. The number of para-hydroxylation sites is 2. The van der Waals surface area contributed by atoms with Crippen molar-refractivity contribution in [2.45, 2.75) is 18.9 Å². The first-order chi connectivity index (χ1) is 13.6. The van der Waals surface area contributed by atoms with Crippen LogP contribution in [0.2, 0.25) is 5.02 Å². The average molecular weight is 400 g/mol. The standard InChI is InChI=1S/C21H22ClN3O3/c1-27-10-9-24-17-6-4-3-5-16(17)23-21(24)14-11-20(26)25(13-14)18-12-15(22)7-8-19(18)28-2/h3-8,12,14H,9-11,13H2,1-2H3/t14-/m1/s1. The minimum absolute atomic E-state index is 0.0135. The van der Waals surface area contributed by atoms with E-state index in [-0.39, 0.29) is 11.8 Å². The highest BCUT2D eigenvalue weighted by Crippen LogP contribution is 2.38. The summed E-state index contributed by atoms with van der Waals surface area (Å²) in [4.78, 5) is 19.4. The molecule has 3 aromatic rings. The van der Waals surface area contributed by atoms with Crippen LogP contribution in [0.4, 0.5) is 5.69 Å². The Hall–Kier alpha value is -2.57. The van der Waals surface area contributed by atoms with Crippen LogP contribution in [0, 0.1) is 0 Å².